The molecule has 0 bridgehead atoms. The quantitative estimate of drug-likeness (QED) is 0.712. The minimum absolute atomic E-state index is 0.183. The number of rotatable bonds is 2. The molecule has 0 radical (unpaired) electrons. The molecule has 1 unspecified atom stereocenters. The zero-order chi connectivity index (χ0) is 19.7. The Balaban J connectivity index is 2.22. The van der Waals surface area contributed by atoms with Crippen molar-refractivity contribution in [3.8, 4) is 11.8 Å². The normalized spacial score (nSPS) is 21.5. The second kappa shape index (κ2) is 5.47. The van der Waals surface area contributed by atoms with Crippen LogP contribution in [0.1, 0.15) is 30.2 Å². The maximum absolute atomic E-state index is 13.7. The van der Waals surface area contributed by atoms with Gasteiger partial charge in [-0.3, -0.25) is 0 Å². The lowest BCUT2D eigenvalue weighted by Crippen LogP contribution is -2.15. The number of nitriles is 1. The summed E-state index contributed by atoms with van der Waals surface area (Å²) in [5, 5.41) is 12.2. The van der Waals surface area contributed by atoms with Gasteiger partial charge in [-0.25, -0.2) is 13.5 Å². The van der Waals surface area contributed by atoms with Gasteiger partial charge < -0.3 is 5.73 Å². The highest BCUT2D eigenvalue weighted by molar-refractivity contribution is 6.38. The van der Waals surface area contributed by atoms with Gasteiger partial charge in [-0.2, -0.15) is 23.5 Å². The predicted molar refractivity (Wildman–Crippen MR) is 84.6 cm³/mol. The maximum Gasteiger partial charge on any atom is 0.416 e. The molecular weight excluding hydrogens is 402 g/mol. The van der Waals surface area contributed by atoms with Crippen molar-refractivity contribution in [3.05, 3.63) is 39.0 Å². The number of nitrogen functional groups attached to an aromatic ring is 1. The predicted octanol–water partition coefficient (Wildman–Crippen LogP) is 4.95. The molecule has 26 heavy (non-hydrogen) atoms. The zero-order valence-electron chi connectivity index (χ0n) is 12.9. The second-order valence-corrected chi connectivity index (χ2v) is 6.95. The van der Waals surface area contributed by atoms with Gasteiger partial charge in [-0.15, -0.1) is 0 Å². The molecule has 0 spiro atoms. The van der Waals surface area contributed by atoms with Gasteiger partial charge in [0.15, 0.2) is 5.69 Å². The van der Waals surface area contributed by atoms with Gasteiger partial charge >= 0.3 is 6.18 Å². The van der Waals surface area contributed by atoms with Crippen molar-refractivity contribution in [2.75, 3.05) is 5.73 Å². The number of hydrogen-bond acceptors (Lipinski definition) is 3. The highest BCUT2D eigenvalue weighted by Gasteiger charge is 2.70. The fourth-order valence-electron chi connectivity index (χ4n) is 2.83. The highest BCUT2D eigenvalue weighted by atomic mass is 35.5. The second-order valence-electron chi connectivity index (χ2n) is 6.13. The fourth-order valence-corrected chi connectivity index (χ4v) is 3.47. The monoisotopic (exact) mass is 410 g/mol. The minimum atomic E-state index is -4.69. The van der Waals surface area contributed by atoms with E-state index in [4.69, 9.17) is 28.9 Å². The van der Waals surface area contributed by atoms with Crippen molar-refractivity contribution in [2.24, 2.45) is 0 Å². The van der Waals surface area contributed by atoms with E-state index in [0.29, 0.717) is 12.1 Å². The van der Waals surface area contributed by atoms with E-state index in [0.717, 1.165) is 4.68 Å². The summed E-state index contributed by atoms with van der Waals surface area (Å²) in [6.45, 7) is 1.22. The fraction of sp³-hybridized carbons (Fsp3) is 0.333. The van der Waals surface area contributed by atoms with Crippen LogP contribution in [0.2, 0.25) is 10.0 Å². The van der Waals surface area contributed by atoms with Crippen LogP contribution in [0.25, 0.3) is 5.69 Å². The molecule has 0 amide bonds. The summed E-state index contributed by atoms with van der Waals surface area (Å²) in [5.41, 5.74) is 2.34. The molecule has 4 nitrogen and oxygen atoms in total. The lowest BCUT2D eigenvalue weighted by molar-refractivity contribution is -0.137. The SMILES string of the molecule is CC1(c2c(C#N)nn(-c3c(Cl)cc(C(F)(F)F)cc3Cl)c2N)CC1(F)F. The third kappa shape index (κ3) is 2.59. The van der Waals surface area contributed by atoms with E-state index in [1.54, 1.807) is 6.07 Å². The Hall–Kier alpha value is -2.05. The van der Waals surface area contributed by atoms with Gasteiger partial charge in [0.2, 0.25) is 0 Å². The van der Waals surface area contributed by atoms with Crippen LogP contribution in [0.4, 0.5) is 27.8 Å². The van der Waals surface area contributed by atoms with Crippen LogP contribution in [-0.4, -0.2) is 15.7 Å². The lowest BCUT2D eigenvalue weighted by atomic mass is 9.97. The first-order chi connectivity index (χ1) is 11.8. The third-order valence-electron chi connectivity index (χ3n) is 4.39. The average Bonchev–Trinajstić information content (AvgIpc) is 2.84. The van der Waals surface area contributed by atoms with E-state index in [1.807, 2.05) is 0 Å². The average molecular weight is 411 g/mol. The van der Waals surface area contributed by atoms with Crippen LogP contribution in [0.5, 0.6) is 0 Å². The van der Waals surface area contributed by atoms with Gasteiger partial charge in [0.05, 0.1) is 21.0 Å². The van der Waals surface area contributed by atoms with Gasteiger partial charge in [-0.05, 0) is 19.1 Å². The molecule has 1 heterocycles. The van der Waals surface area contributed by atoms with Gasteiger partial charge in [0.25, 0.3) is 5.92 Å². The maximum atomic E-state index is 13.7. The summed E-state index contributed by atoms with van der Waals surface area (Å²) in [6, 6.07) is 2.90. The lowest BCUT2D eigenvalue weighted by Gasteiger charge is -2.14. The van der Waals surface area contributed by atoms with E-state index in [9.17, 15) is 27.2 Å². The Morgan fingerprint density at radius 1 is 1.27 bits per heavy atom. The van der Waals surface area contributed by atoms with Crippen LogP contribution in [0.15, 0.2) is 12.1 Å². The largest absolute Gasteiger partial charge is 0.416 e. The topological polar surface area (TPSA) is 67.6 Å². The first-order valence-corrected chi connectivity index (χ1v) is 7.82. The van der Waals surface area contributed by atoms with E-state index in [-0.39, 0.29) is 22.8 Å². The van der Waals surface area contributed by atoms with Crippen molar-refractivity contribution in [1.29, 1.82) is 5.26 Å². The molecule has 3 rings (SSSR count). The first kappa shape index (κ1) is 18.7. The Kier molecular flexibility index (Phi) is 3.94. The first-order valence-electron chi connectivity index (χ1n) is 7.07. The third-order valence-corrected chi connectivity index (χ3v) is 4.97. The summed E-state index contributed by atoms with van der Waals surface area (Å²) in [7, 11) is 0. The van der Waals surface area contributed by atoms with E-state index < -0.39 is 39.5 Å². The Morgan fingerprint density at radius 2 is 1.77 bits per heavy atom. The molecule has 1 aliphatic carbocycles. The van der Waals surface area contributed by atoms with Crippen molar-refractivity contribution < 1.29 is 22.0 Å². The van der Waals surface area contributed by atoms with Crippen LogP contribution in [0, 0.1) is 11.3 Å². The molecule has 1 fully saturated rings. The summed E-state index contributed by atoms with van der Waals surface area (Å²) in [4.78, 5) is 0. The number of alkyl halides is 5. The molecule has 1 aromatic carbocycles. The molecule has 2 N–H and O–H groups in total. The zero-order valence-corrected chi connectivity index (χ0v) is 14.4. The molecule has 138 valence electrons. The van der Waals surface area contributed by atoms with Crippen molar-refractivity contribution in [1.82, 2.24) is 9.78 Å². The van der Waals surface area contributed by atoms with Crippen LogP contribution >= 0.6 is 23.2 Å². The minimum Gasteiger partial charge on any atom is -0.383 e. The number of halogens is 7. The number of anilines is 1. The molecule has 1 aliphatic rings. The van der Waals surface area contributed by atoms with Crippen LogP contribution in [0.3, 0.4) is 0 Å². The van der Waals surface area contributed by atoms with Gasteiger partial charge in [-0.1, -0.05) is 23.2 Å². The smallest absolute Gasteiger partial charge is 0.383 e. The summed E-state index contributed by atoms with van der Waals surface area (Å²) in [6.07, 6.45) is -5.22. The Morgan fingerprint density at radius 3 is 2.15 bits per heavy atom. The van der Waals surface area contributed by atoms with Crippen LogP contribution in [-0.2, 0) is 11.6 Å². The molecule has 1 saturated carbocycles. The number of benzene rings is 1. The molecular formula is C15H9Cl2F5N4. The van der Waals surface area contributed by atoms with Crippen molar-refractivity contribution >= 4 is 29.0 Å². The van der Waals surface area contributed by atoms with Gasteiger partial charge in [0.1, 0.15) is 17.6 Å². The Labute approximate surface area is 153 Å². The molecule has 1 atom stereocenters. The van der Waals surface area contributed by atoms with Crippen LogP contribution < -0.4 is 5.73 Å². The van der Waals surface area contributed by atoms with E-state index >= 15 is 0 Å². The highest BCUT2D eigenvalue weighted by Crippen LogP contribution is 2.63. The number of aromatic nitrogens is 2. The molecule has 0 saturated heterocycles. The molecule has 11 heteroatoms. The number of nitrogens with zero attached hydrogens (tertiary/aromatic N) is 3. The number of hydrogen-bond donors (Lipinski definition) is 1. The molecule has 0 aliphatic heterocycles. The summed E-state index contributed by atoms with van der Waals surface area (Å²) in [5.74, 6) is -3.40. The van der Waals surface area contributed by atoms with Gasteiger partial charge in [0, 0.05) is 12.0 Å². The summed E-state index contributed by atoms with van der Waals surface area (Å²) < 4.78 is 66.8. The number of nitrogens with two attached hydrogens (primary N) is 1. The van der Waals surface area contributed by atoms with Crippen molar-refractivity contribution in [3.63, 3.8) is 0 Å². The van der Waals surface area contributed by atoms with E-state index in [2.05, 4.69) is 5.10 Å². The standard InChI is InChI=1S/C15H9Cl2F5N4/c1-13(5-14(13,18)19)10-9(4-23)25-26(12(10)24)11-7(16)2-6(3-8(11)17)15(20,21)22/h2-3H,5,24H2,1H3. The Bertz CT molecular complexity index is 937. The molecule has 2 aromatic rings. The van der Waals surface area contributed by atoms with Crippen molar-refractivity contribution in [2.45, 2.75) is 30.9 Å². The molecule has 1 aromatic heterocycles. The van der Waals surface area contributed by atoms with E-state index in [1.165, 1.54) is 6.92 Å². The summed E-state index contributed by atoms with van der Waals surface area (Å²) >= 11 is 11.8.